The van der Waals surface area contributed by atoms with E-state index in [2.05, 4.69) is 35.3 Å². The van der Waals surface area contributed by atoms with Gasteiger partial charge < -0.3 is 19.4 Å². The van der Waals surface area contributed by atoms with Crippen LogP contribution in [0.1, 0.15) is 12.5 Å². The lowest BCUT2D eigenvalue weighted by atomic mass is 10.2. The molecule has 0 spiro atoms. The van der Waals surface area contributed by atoms with Crippen LogP contribution in [0.5, 0.6) is 0 Å². The van der Waals surface area contributed by atoms with E-state index in [1.54, 1.807) is 13.1 Å². The van der Waals surface area contributed by atoms with Crippen LogP contribution in [0.25, 0.3) is 11.0 Å². The summed E-state index contributed by atoms with van der Waals surface area (Å²) in [7, 11) is -1.14. The van der Waals surface area contributed by atoms with E-state index < -0.39 is 20.0 Å². The molecule has 8 nitrogen and oxygen atoms in total. The minimum absolute atomic E-state index is 0.423. The molecule has 0 unspecified atom stereocenters. The Hall–Kier alpha value is -2.65. The van der Waals surface area contributed by atoms with E-state index >= 15 is 0 Å². The molecule has 0 bridgehead atoms. The zero-order valence-electron chi connectivity index (χ0n) is 17.7. The third kappa shape index (κ3) is 7.03. The van der Waals surface area contributed by atoms with Crippen LogP contribution in [-0.2, 0) is 21.0 Å². The van der Waals surface area contributed by atoms with Gasteiger partial charge in [-0.3, -0.25) is 15.1 Å². The summed E-state index contributed by atoms with van der Waals surface area (Å²) in [5.74, 6) is -0.568. The summed E-state index contributed by atoms with van der Waals surface area (Å²) in [5, 5.41) is 4.89. The second-order valence-electron chi connectivity index (χ2n) is 7.87. The Kier molecular flexibility index (Phi) is 7.97. The molecule has 0 aliphatic rings. The fraction of sp³-hybridized carbons (Fsp3) is 0.450. The van der Waals surface area contributed by atoms with Gasteiger partial charge in [-0.25, -0.2) is 4.79 Å². The minimum atomic E-state index is -1.14. The highest BCUT2D eigenvalue weighted by atomic mass is 28.3. The minimum Gasteiger partial charge on any atom is -0.501 e. The van der Waals surface area contributed by atoms with E-state index in [9.17, 15) is 9.59 Å². The first-order chi connectivity index (χ1) is 13.7. The average molecular weight is 419 g/mol. The van der Waals surface area contributed by atoms with Gasteiger partial charge >= 0.3 is 6.03 Å². The summed E-state index contributed by atoms with van der Waals surface area (Å²) in [6.45, 7) is 12.2. The van der Waals surface area contributed by atoms with Gasteiger partial charge in [-0.1, -0.05) is 19.6 Å². The van der Waals surface area contributed by atoms with E-state index in [4.69, 9.17) is 9.47 Å². The lowest BCUT2D eigenvalue weighted by Gasteiger charge is -2.16. The molecule has 9 heteroatoms. The molecule has 0 atom stereocenters. The maximum absolute atomic E-state index is 12.1. The number of hydrogen-bond acceptors (Lipinski definition) is 5. The topological polar surface area (TPSA) is 94.5 Å². The van der Waals surface area contributed by atoms with Gasteiger partial charge in [0.1, 0.15) is 6.73 Å². The number of ether oxygens (including phenoxy) is 2. The summed E-state index contributed by atoms with van der Waals surface area (Å²) >= 11 is 0. The highest BCUT2D eigenvalue weighted by Gasteiger charge is 2.14. The summed E-state index contributed by atoms with van der Waals surface area (Å²) in [6, 6.07) is 2.38. The number of amides is 3. The first-order valence-corrected chi connectivity index (χ1v) is 13.3. The Bertz CT molecular complexity index is 886. The number of rotatable bonds is 9. The predicted molar refractivity (Wildman–Crippen MR) is 117 cm³/mol. The maximum Gasteiger partial charge on any atom is 0.326 e. The van der Waals surface area contributed by atoms with E-state index in [-0.39, 0.29) is 0 Å². The average Bonchev–Trinajstić information content (AvgIpc) is 3.04. The molecular formula is C20H30N4O4Si. The van der Waals surface area contributed by atoms with Crippen molar-refractivity contribution in [3.05, 3.63) is 36.4 Å². The van der Waals surface area contributed by atoms with Crippen molar-refractivity contribution in [3.8, 4) is 0 Å². The first kappa shape index (κ1) is 22.6. The fourth-order valence-corrected chi connectivity index (χ4v) is 3.38. The zero-order chi connectivity index (χ0) is 21.4. The molecule has 2 aromatic rings. The summed E-state index contributed by atoms with van der Waals surface area (Å²) in [5.41, 5.74) is 3.08. The van der Waals surface area contributed by atoms with Crippen LogP contribution >= 0.6 is 0 Å². The maximum atomic E-state index is 12.1. The number of pyridine rings is 1. The Morgan fingerprint density at radius 2 is 2.07 bits per heavy atom. The molecule has 2 heterocycles. The van der Waals surface area contributed by atoms with Crippen LogP contribution < -0.4 is 10.6 Å². The number of carbonyl (C=O) groups excluding carboxylic acids is 2. The van der Waals surface area contributed by atoms with Gasteiger partial charge in [0.05, 0.1) is 35.8 Å². The molecule has 0 aromatic carbocycles. The van der Waals surface area contributed by atoms with Crippen LogP contribution in [0.3, 0.4) is 0 Å². The number of nitrogens with one attached hydrogen (secondary N) is 2. The second kappa shape index (κ2) is 10.2. The number of aromatic nitrogens is 2. The van der Waals surface area contributed by atoms with Crippen LogP contribution in [0.4, 0.5) is 10.5 Å². The highest BCUT2D eigenvalue weighted by Crippen LogP contribution is 2.24. The third-order valence-electron chi connectivity index (χ3n) is 4.23. The number of anilines is 1. The zero-order valence-corrected chi connectivity index (χ0v) is 18.7. The van der Waals surface area contributed by atoms with E-state index in [0.29, 0.717) is 19.0 Å². The molecule has 2 rings (SSSR count). The van der Waals surface area contributed by atoms with Crippen molar-refractivity contribution >= 4 is 36.7 Å². The van der Waals surface area contributed by atoms with Crippen molar-refractivity contribution in [2.75, 3.05) is 18.5 Å². The van der Waals surface area contributed by atoms with Gasteiger partial charge in [0.2, 0.25) is 0 Å². The predicted octanol–water partition coefficient (Wildman–Crippen LogP) is 3.86. The smallest absolute Gasteiger partial charge is 0.326 e. The van der Waals surface area contributed by atoms with Gasteiger partial charge in [0.15, 0.2) is 0 Å². The normalized spacial score (nSPS) is 11.8. The lowest BCUT2D eigenvalue weighted by Crippen LogP contribution is -2.33. The molecule has 0 aliphatic heterocycles. The first-order valence-electron chi connectivity index (χ1n) is 9.63. The number of carbonyl (C=O) groups is 2. The highest BCUT2D eigenvalue weighted by molar-refractivity contribution is 6.76. The van der Waals surface area contributed by atoms with Crippen LogP contribution in [0.2, 0.25) is 25.7 Å². The molecule has 0 radical (unpaired) electrons. The lowest BCUT2D eigenvalue weighted by molar-refractivity contribution is -0.115. The summed E-state index contributed by atoms with van der Waals surface area (Å²) in [4.78, 5) is 28.2. The largest absolute Gasteiger partial charge is 0.501 e. The van der Waals surface area contributed by atoms with E-state index in [1.807, 2.05) is 23.8 Å². The van der Waals surface area contributed by atoms with Crippen molar-refractivity contribution in [2.24, 2.45) is 0 Å². The van der Waals surface area contributed by atoms with Crippen molar-refractivity contribution in [1.82, 2.24) is 14.9 Å². The summed E-state index contributed by atoms with van der Waals surface area (Å²) < 4.78 is 12.8. The Morgan fingerprint density at radius 1 is 1.31 bits per heavy atom. The van der Waals surface area contributed by atoms with Gasteiger partial charge in [-0.2, -0.15) is 0 Å². The van der Waals surface area contributed by atoms with Crippen LogP contribution in [0.15, 0.2) is 30.8 Å². The van der Waals surface area contributed by atoms with Crippen molar-refractivity contribution in [1.29, 1.82) is 0 Å². The molecule has 2 aromatic heterocycles. The standard InChI is InChI=1S/C20H30N4O4Si/c1-6-27-10-8-18(25)23-20(26)22-17-13-21-16-7-9-24(19(16)15(17)2)14-28-11-12-29(3,4)5/h7-10,13H,6,11-12,14H2,1-5H3,(H2,22,23,25,26)/b10-8+. The SMILES string of the molecule is CCO/C=C/C(=O)NC(=O)Nc1cnc2ccn(COCC[Si](C)(C)C)c2c1C. The number of nitrogens with zero attached hydrogens (tertiary/aromatic N) is 2. The molecule has 158 valence electrons. The van der Waals surface area contributed by atoms with Crippen molar-refractivity contribution < 1.29 is 19.1 Å². The molecular weight excluding hydrogens is 388 g/mol. The molecule has 0 saturated heterocycles. The molecule has 29 heavy (non-hydrogen) atoms. The Labute approximate surface area is 172 Å². The molecule has 3 amide bonds. The number of aryl methyl sites for hydroxylation is 1. The second-order valence-corrected chi connectivity index (χ2v) is 13.5. The monoisotopic (exact) mass is 418 g/mol. The fourth-order valence-electron chi connectivity index (χ4n) is 2.62. The summed E-state index contributed by atoms with van der Waals surface area (Å²) in [6.07, 6.45) is 5.90. The third-order valence-corrected chi connectivity index (χ3v) is 5.93. The Balaban J connectivity index is 2.04. The van der Waals surface area contributed by atoms with E-state index in [1.165, 1.54) is 6.26 Å². The van der Waals surface area contributed by atoms with Gasteiger partial charge in [-0.15, -0.1) is 0 Å². The van der Waals surface area contributed by atoms with Crippen molar-refractivity contribution in [2.45, 2.75) is 46.3 Å². The number of hydrogen-bond donors (Lipinski definition) is 2. The van der Waals surface area contributed by atoms with Crippen molar-refractivity contribution in [3.63, 3.8) is 0 Å². The molecule has 0 fully saturated rings. The molecule has 0 aliphatic carbocycles. The van der Waals surface area contributed by atoms with Crippen LogP contribution in [0, 0.1) is 6.92 Å². The van der Waals surface area contributed by atoms with Gasteiger partial charge in [0.25, 0.3) is 5.91 Å². The van der Waals surface area contributed by atoms with Gasteiger partial charge in [0, 0.05) is 32.5 Å². The molecule has 2 N–H and O–H groups in total. The number of urea groups is 1. The van der Waals surface area contributed by atoms with E-state index in [0.717, 1.165) is 35.3 Å². The van der Waals surface area contributed by atoms with Gasteiger partial charge in [-0.05, 0) is 26.0 Å². The van der Waals surface area contributed by atoms with Crippen LogP contribution in [-0.4, -0.2) is 42.8 Å². The quantitative estimate of drug-likeness (QED) is 0.279. The number of fused-ring (bicyclic) bond motifs is 1. The number of imide groups is 1. The Morgan fingerprint density at radius 3 is 2.76 bits per heavy atom. The molecule has 0 saturated carbocycles.